The lowest BCUT2D eigenvalue weighted by Gasteiger charge is -2.45. The molecule has 2 aliphatic rings. The highest BCUT2D eigenvalue weighted by atomic mass is 35.5. The molecule has 2 heterocycles. The first-order valence-electron chi connectivity index (χ1n) is 51.1. The predicted molar refractivity (Wildman–Crippen MR) is 615 cm³/mol. The lowest BCUT2D eigenvalue weighted by Crippen LogP contribution is -2.61. The summed E-state index contributed by atoms with van der Waals surface area (Å²) in [7, 11) is 0. The minimum atomic E-state index is -0.0854. The highest BCUT2D eigenvalue weighted by Gasteiger charge is 2.46. The number of benzene rings is 14. The summed E-state index contributed by atoms with van der Waals surface area (Å²) in [6, 6.07) is 116. The van der Waals surface area contributed by atoms with Gasteiger partial charge in [-0.25, -0.2) is 0 Å². The summed E-state index contributed by atoms with van der Waals surface area (Å²) < 4.78 is 0. The summed E-state index contributed by atoms with van der Waals surface area (Å²) in [6.45, 7) is 82.6. The van der Waals surface area contributed by atoms with Crippen LogP contribution in [0.25, 0.3) is 0 Å². The smallest absolute Gasteiger partial charge is 0.252 e. The van der Waals surface area contributed by atoms with Crippen LogP contribution >= 0.6 is 11.6 Å². The van der Waals surface area contributed by atoms with E-state index in [1.165, 1.54) is 106 Å². The number of halogens is 1. The molecular weight excluding hydrogens is 1720 g/mol. The van der Waals surface area contributed by atoms with Crippen LogP contribution in [0.5, 0.6) is 0 Å². The second-order valence-corrected chi connectivity index (χ2v) is 52.5. The zero-order valence-corrected chi connectivity index (χ0v) is 92.3. The summed E-state index contributed by atoms with van der Waals surface area (Å²) in [5.41, 5.74) is 38.7. The van der Waals surface area contributed by atoms with Gasteiger partial charge in [0.2, 0.25) is 0 Å². The summed E-state index contributed by atoms with van der Waals surface area (Å²) in [6.07, 6.45) is 0. The van der Waals surface area contributed by atoms with Crippen LogP contribution in [-0.4, -0.2) is 6.71 Å². The Labute approximate surface area is 849 Å². The second kappa shape index (κ2) is 37.3. The van der Waals surface area contributed by atoms with Crippen LogP contribution < -0.4 is 45.8 Å². The van der Waals surface area contributed by atoms with E-state index in [2.05, 4.69) is 582 Å². The highest BCUT2D eigenvalue weighted by Crippen LogP contribution is 2.55. The maximum Gasteiger partial charge on any atom is 0.252 e. The Bertz CT molecular complexity index is 6270. The fraction of sp³-hybridized carbons (Fsp3) is 0.364. The van der Waals surface area contributed by atoms with Crippen LogP contribution in [0.3, 0.4) is 0 Å². The summed E-state index contributed by atoms with van der Waals surface area (Å²) >= 11 is 8.27. The van der Waals surface area contributed by atoms with E-state index in [0.29, 0.717) is 5.02 Å². The Morgan fingerprint density at radius 3 is 0.607 bits per heavy atom. The van der Waals surface area contributed by atoms with Gasteiger partial charge in [-0.05, 0) is 306 Å². The van der Waals surface area contributed by atoms with Gasteiger partial charge in [0.05, 0.1) is 27.8 Å². The molecule has 0 amide bonds. The minimum Gasteiger partial charge on any atom is -0.311 e. The Morgan fingerprint density at radius 1 is 0.179 bits per heavy atom. The molecule has 0 fully saturated rings. The number of rotatable bonds is 14. The van der Waals surface area contributed by atoms with Gasteiger partial charge in [-0.1, -0.05) is 406 Å². The first-order valence-corrected chi connectivity index (χ1v) is 51.5. The van der Waals surface area contributed by atoms with E-state index in [1.54, 1.807) is 0 Å². The zero-order chi connectivity index (χ0) is 102. The molecule has 16 rings (SSSR count). The third-order valence-corrected chi connectivity index (χ3v) is 29.1. The van der Waals surface area contributed by atoms with Crippen LogP contribution in [-0.2, 0) is 65.0 Å². The molecule has 2 aliphatic heterocycles. The van der Waals surface area contributed by atoms with Gasteiger partial charge in [0.1, 0.15) is 0 Å². The lowest BCUT2D eigenvalue weighted by atomic mass is 9.33. The van der Waals surface area contributed by atoms with E-state index in [0.717, 1.165) is 79.6 Å². The third-order valence-electron chi connectivity index (χ3n) is 28.7. The quantitative estimate of drug-likeness (QED) is 0.100. The first-order chi connectivity index (χ1) is 64.9. The van der Waals surface area contributed by atoms with Crippen LogP contribution in [0.4, 0.5) is 102 Å². The number of nitrogens with zero attached hydrogens (tertiary/aromatic N) is 6. The van der Waals surface area contributed by atoms with Gasteiger partial charge < -0.3 is 29.4 Å². The van der Waals surface area contributed by atoms with Gasteiger partial charge in [0.15, 0.2) is 0 Å². The number of hydrogen-bond acceptors (Lipinski definition) is 6. The molecule has 14 aromatic carbocycles. The molecule has 0 unspecified atom stereocenters. The molecule has 726 valence electrons. The molecule has 6 nitrogen and oxygen atoms in total. The molecule has 0 saturated carbocycles. The predicted octanol–water partition coefficient (Wildman–Crippen LogP) is 37.6. The maximum atomic E-state index is 8.27. The Balaban J connectivity index is 0.000000212. The molecule has 0 N–H and O–H groups in total. The Hall–Kier alpha value is -11.8. The van der Waals surface area contributed by atoms with Crippen molar-refractivity contribution in [2.45, 2.75) is 314 Å². The van der Waals surface area contributed by atoms with E-state index in [-0.39, 0.29) is 71.7 Å². The Morgan fingerprint density at radius 2 is 0.379 bits per heavy atom. The van der Waals surface area contributed by atoms with Crippen molar-refractivity contribution in [1.29, 1.82) is 0 Å². The largest absolute Gasteiger partial charge is 0.311 e. The van der Waals surface area contributed by atoms with E-state index in [4.69, 9.17) is 11.6 Å². The molecule has 0 spiro atoms. The van der Waals surface area contributed by atoms with Crippen molar-refractivity contribution < 1.29 is 0 Å². The summed E-state index contributed by atoms with van der Waals surface area (Å²) in [4.78, 5) is 14.8. The van der Waals surface area contributed by atoms with Crippen LogP contribution in [0, 0.1) is 0 Å². The van der Waals surface area contributed by atoms with Gasteiger partial charge in [-0.2, -0.15) is 0 Å². The number of hydrogen-bond donors (Lipinski definition) is 0. The van der Waals surface area contributed by atoms with Crippen molar-refractivity contribution in [2.75, 3.05) is 29.4 Å². The lowest BCUT2D eigenvalue weighted by molar-refractivity contribution is 0.589. The molecule has 0 saturated heterocycles. The minimum absolute atomic E-state index is 0.00636. The molecule has 0 aromatic heterocycles. The monoisotopic (exact) mass is 1870 g/mol. The van der Waals surface area contributed by atoms with E-state index >= 15 is 0 Å². The SMILES string of the molecule is CC(C)(C)c1ccc(N(c2ccc(C(C)(C)C)cc2)c2cc(N(c3ccc(C(C)(C)C)cc3)c3cccc(C(C)(C)C)c3)c(Cl)c(N(c3ccc(C(C)(C)C)cc3)c3cccc(C(C)(C)C)c3)c2)cc1.CC(C)(C)c1ccc(N(c2ccc(C(C)(C)C)cc2)c2cc3c4c(c2)N(c2ccc(C(C)(C)C)cc2)c2cc(C(C)(C)C)ccc2B4c2ccc(C(C)(C)C)cc2N3c2ccc(C(C)(C)C)cc2)cc1. The molecule has 0 radical (unpaired) electrons. The van der Waals surface area contributed by atoms with Crippen molar-refractivity contribution in [3.05, 3.63) is 375 Å². The van der Waals surface area contributed by atoms with Gasteiger partial charge >= 0.3 is 0 Å². The van der Waals surface area contributed by atoms with Crippen LogP contribution in [0.1, 0.15) is 316 Å². The molecule has 8 heteroatoms. The average Bonchev–Trinajstić information content (AvgIpc) is 0.689. The Kier molecular flexibility index (Phi) is 27.3. The van der Waals surface area contributed by atoms with E-state index < -0.39 is 0 Å². The molecule has 14 aromatic rings. The molecule has 140 heavy (non-hydrogen) atoms. The molecule has 0 aliphatic carbocycles. The van der Waals surface area contributed by atoms with E-state index in [1.807, 2.05) is 0 Å². The standard InChI is InChI=1S/C66H78BN3.C66H80ClN3/c1-61(2,3)43-19-29-49(30-20-43)68(50-31-21-44(22-32-50)62(4,5)6)53-41-58-60-59(42-53)70(52-35-25-46(26-36-52)64(10,11)12)57-40-48(66(16,17)18)28-38-55(57)67(60)54-37-27-47(65(13,14)15)39-56(54)69(58)51-33-23-45(24-34-51)63(7,8)9;1-61(2,3)45-25-33-51(34-26-45)68(52-35-27-46(28-36-52)62(4,5)6)57-43-58(69(53-37-29-47(30-38-53)63(7,8)9)55-23-19-21-49(41-55)65(13,14)15)60(67)59(44-57)70(54-39-31-48(32-40-54)64(10,11)12)56-24-20-22-50(42-56)66(16,17)18/h19-42H,1-18H3;19-44H,1-18H3. The van der Waals surface area contributed by atoms with Crippen molar-refractivity contribution >= 4 is 137 Å². The molecular formula is C132H158BClN6. The van der Waals surface area contributed by atoms with Crippen molar-refractivity contribution in [1.82, 2.24) is 0 Å². The van der Waals surface area contributed by atoms with Gasteiger partial charge in [-0.3, -0.25) is 0 Å². The summed E-state index contributed by atoms with van der Waals surface area (Å²) in [5.74, 6) is 0. The van der Waals surface area contributed by atoms with Crippen LogP contribution in [0.2, 0.25) is 5.02 Å². The number of anilines is 18. The number of fused-ring (bicyclic) bond motifs is 4. The van der Waals surface area contributed by atoms with Crippen molar-refractivity contribution in [3.8, 4) is 0 Å². The van der Waals surface area contributed by atoms with Gasteiger partial charge in [0.25, 0.3) is 6.71 Å². The van der Waals surface area contributed by atoms with E-state index in [9.17, 15) is 0 Å². The second-order valence-electron chi connectivity index (χ2n) is 52.2. The molecule has 0 atom stereocenters. The first kappa shape index (κ1) is 103. The fourth-order valence-electron chi connectivity index (χ4n) is 19.5. The topological polar surface area (TPSA) is 19.4 Å². The summed E-state index contributed by atoms with van der Waals surface area (Å²) in [5, 5.41) is 0.636. The van der Waals surface area contributed by atoms with Crippen molar-refractivity contribution in [2.24, 2.45) is 0 Å². The van der Waals surface area contributed by atoms with Crippen LogP contribution in [0.15, 0.2) is 303 Å². The van der Waals surface area contributed by atoms with Gasteiger partial charge in [-0.15, -0.1) is 0 Å². The zero-order valence-electron chi connectivity index (χ0n) is 91.5. The normalized spacial score (nSPS) is 13.4. The van der Waals surface area contributed by atoms with Gasteiger partial charge in [0, 0.05) is 79.6 Å². The maximum absolute atomic E-state index is 8.27. The van der Waals surface area contributed by atoms with Crippen molar-refractivity contribution in [3.63, 3.8) is 0 Å². The average molecular weight is 1880 g/mol. The highest BCUT2D eigenvalue weighted by molar-refractivity contribution is 7.00. The fourth-order valence-corrected chi connectivity index (χ4v) is 19.8. The molecule has 0 bridgehead atoms. The third kappa shape index (κ3) is 21.7.